The number of carbonyl (C=O) groups is 2. The molecular weight excluding hydrogens is 400 g/mol. The van der Waals surface area contributed by atoms with Crippen molar-refractivity contribution in [2.45, 2.75) is 27.7 Å². The highest BCUT2D eigenvalue weighted by atomic mass is 16.5. The Morgan fingerprint density at radius 3 is 2.09 bits per heavy atom. The molecule has 0 bridgehead atoms. The first-order chi connectivity index (χ1) is 15.3. The average Bonchev–Trinajstić information content (AvgIpc) is 3.00. The summed E-state index contributed by atoms with van der Waals surface area (Å²) in [7, 11) is 1.58. The van der Waals surface area contributed by atoms with E-state index in [1.54, 1.807) is 13.2 Å². The van der Waals surface area contributed by atoms with Gasteiger partial charge in [0.15, 0.2) is 0 Å². The lowest BCUT2D eigenvalue weighted by Crippen LogP contribution is -2.32. The molecule has 0 fully saturated rings. The van der Waals surface area contributed by atoms with E-state index in [1.807, 2.05) is 82.3 Å². The highest BCUT2D eigenvalue weighted by Crippen LogP contribution is 2.36. The molecule has 1 N–H and O–H groups in total. The molecule has 3 aromatic rings. The maximum atomic E-state index is 13.6. The molecule has 0 atom stereocenters. The van der Waals surface area contributed by atoms with Crippen LogP contribution in [0.25, 0.3) is 5.57 Å². The molecule has 0 spiro atoms. The highest BCUT2D eigenvalue weighted by molar-refractivity contribution is 6.46. The molecular formula is C27H26N2O3. The van der Waals surface area contributed by atoms with Gasteiger partial charge in [-0.3, -0.25) is 9.59 Å². The number of nitrogens with one attached hydrogen (secondary N) is 1. The zero-order chi connectivity index (χ0) is 23.0. The normalized spacial score (nSPS) is 13.7. The van der Waals surface area contributed by atoms with E-state index in [0.717, 1.165) is 22.3 Å². The number of aryl methyl sites for hydroxylation is 4. The van der Waals surface area contributed by atoms with E-state index >= 15 is 0 Å². The summed E-state index contributed by atoms with van der Waals surface area (Å²) in [4.78, 5) is 28.4. The minimum atomic E-state index is -0.391. The molecule has 0 aliphatic carbocycles. The lowest BCUT2D eigenvalue weighted by Gasteiger charge is -2.17. The lowest BCUT2D eigenvalue weighted by molar-refractivity contribution is -0.120. The second-order valence-electron chi connectivity index (χ2n) is 8.16. The predicted octanol–water partition coefficient (Wildman–Crippen LogP) is 5.33. The number of nitrogens with zero attached hydrogens (tertiary/aromatic N) is 1. The van der Waals surface area contributed by atoms with Gasteiger partial charge in [0.1, 0.15) is 11.4 Å². The van der Waals surface area contributed by atoms with Gasteiger partial charge in [0.05, 0.1) is 24.1 Å². The molecule has 0 radical (unpaired) electrons. The van der Waals surface area contributed by atoms with E-state index in [1.165, 1.54) is 4.90 Å². The van der Waals surface area contributed by atoms with Crippen LogP contribution >= 0.6 is 0 Å². The molecule has 5 heteroatoms. The van der Waals surface area contributed by atoms with Crippen molar-refractivity contribution in [2.75, 3.05) is 17.3 Å². The summed E-state index contributed by atoms with van der Waals surface area (Å²) in [5.74, 6) is -0.148. The molecule has 4 rings (SSSR count). The van der Waals surface area contributed by atoms with Crippen LogP contribution in [0.3, 0.4) is 0 Å². The first-order valence-corrected chi connectivity index (χ1v) is 10.5. The number of carbonyl (C=O) groups excluding carboxylic acids is 2. The van der Waals surface area contributed by atoms with E-state index in [-0.39, 0.29) is 11.6 Å². The van der Waals surface area contributed by atoms with Crippen molar-refractivity contribution >= 4 is 28.8 Å². The molecule has 0 saturated heterocycles. The second-order valence-corrected chi connectivity index (χ2v) is 8.16. The fourth-order valence-corrected chi connectivity index (χ4v) is 3.79. The number of amides is 2. The number of ether oxygens (including phenoxy) is 1. The summed E-state index contributed by atoms with van der Waals surface area (Å²) >= 11 is 0. The van der Waals surface area contributed by atoms with Gasteiger partial charge in [-0.1, -0.05) is 42.0 Å². The van der Waals surface area contributed by atoms with Crippen molar-refractivity contribution in [3.05, 3.63) is 94.2 Å². The van der Waals surface area contributed by atoms with Crippen molar-refractivity contribution in [3.8, 4) is 5.75 Å². The quantitative estimate of drug-likeness (QED) is 0.561. The lowest BCUT2D eigenvalue weighted by atomic mass is 10.0. The molecule has 32 heavy (non-hydrogen) atoms. The number of rotatable bonds is 5. The van der Waals surface area contributed by atoms with Gasteiger partial charge in [0, 0.05) is 0 Å². The number of methoxy groups -OCH3 is 1. The van der Waals surface area contributed by atoms with Crippen molar-refractivity contribution in [2.24, 2.45) is 0 Å². The first kappa shape index (κ1) is 21.4. The Morgan fingerprint density at radius 1 is 0.750 bits per heavy atom. The summed E-state index contributed by atoms with van der Waals surface area (Å²) in [6.45, 7) is 7.91. The minimum Gasteiger partial charge on any atom is -0.495 e. The second kappa shape index (κ2) is 8.35. The number of hydrogen-bond donors (Lipinski definition) is 1. The average molecular weight is 427 g/mol. The van der Waals surface area contributed by atoms with Crippen molar-refractivity contribution in [1.82, 2.24) is 0 Å². The smallest absolute Gasteiger partial charge is 0.282 e. The van der Waals surface area contributed by atoms with Crippen LogP contribution in [0.2, 0.25) is 0 Å². The summed E-state index contributed by atoms with van der Waals surface area (Å²) in [5, 5.41) is 3.21. The molecule has 1 aliphatic rings. The zero-order valence-electron chi connectivity index (χ0n) is 18.9. The largest absolute Gasteiger partial charge is 0.495 e. The van der Waals surface area contributed by atoms with E-state index in [2.05, 4.69) is 5.32 Å². The summed E-state index contributed by atoms with van der Waals surface area (Å²) in [6.07, 6.45) is 0. The molecule has 5 nitrogen and oxygen atoms in total. The Bertz CT molecular complexity index is 1260. The fraction of sp³-hybridized carbons (Fsp3) is 0.185. The third kappa shape index (κ3) is 3.78. The summed E-state index contributed by atoms with van der Waals surface area (Å²) in [6, 6.07) is 18.9. The zero-order valence-corrected chi connectivity index (χ0v) is 18.9. The molecule has 2 amide bonds. The van der Waals surface area contributed by atoms with Gasteiger partial charge in [-0.05, 0) is 74.2 Å². The van der Waals surface area contributed by atoms with Crippen molar-refractivity contribution in [1.29, 1.82) is 0 Å². The number of benzene rings is 3. The summed E-state index contributed by atoms with van der Waals surface area (Å²) < 4.78 is 5.47. The van der Waals surface area contributed by atoms with Crippen LogP contribution in [-0.2, 0) is 9.59 Å². The third-order valence-corrected chi connectivity index (χ3v) is 5.79. The van der Waals surface area contributed by atoms with Crippen LogP contribution in [0.4, 0.5) is 11.4 Å². The number of anilines is 2. The highest BCUT2D eigenvalue weighted by Gasteiger charge is 2.40. The maximum absolute atomic E-state index is 13.6. The van der Waals surface area contributed by atoms with Gasteiger partial charge < -0.3 is 10.1 Å². The molecule has 3 aromatic carbocycles. The summed E-state index contributed by atoms with van der Waals surface area (Å²) in [5.41, 5.74) is 6.66. The van der Waals surface area contributed by atoms with Crippen LogP contribution < -0.4 is 15.0 Å². The molecule has 0 saturated carbocycles. The van der Waals surface area contributed by atoms with Gasteiger partial charge in [0.25, 0.3) is 11.8 Å². The van der Waals surface area contributed by atoms with Crippen molar-refractivity contribution in [3.63, 3.8) is 0 Å². The van der Waals surface area contributed by atoms with E-state index < -0.39 is 5.91 Å². The monoisotopic (exact) mass is 426 g/mol. The van der Waals surface area contributed by atoms with Gasteiger partial charge in [0.2, 0.25) is 0 Å². The van der Waals surface area contributed by atoms with Gasteiger partial charge in [-0.15, -0.1) is 0 Å². The van der Waals surface area contributed by atoms with Crippen molar-refractivity contribution < 1.29 is 14.3 Å². The van der Waals surface area contributed by atoms with Gasteiger partial charge >= 0.3 is 0 Å². The fourth-order valence-electron chi connectivity index (χ4n) is 3.79. The predicted molar refractivity (Wildman–Crippen MR) is 128 cm³/mol. The Labute approximate surface area is 188 Å². The molecule has 0 unspecified atom stereocenters. The van der Waals surface area contributed by atoms with Crippen LogP contribution in [0.15, 0.2) is 66.4 Å². The Balaban J connectivity index is 1.86. The van der Waals surface area contributed by atoms with E-state index in [0.29, 0.717) is 28.3 Å². The maximum Gasteiger partial charge on any atom is 0.282 e. The molecule has 1 heterocycles. The Morgan fingerprint density at radius 2 is 1.44 bits per heavy atom. The molecule has 1 aliphatic heterocycles. The Hall–Kier alpha value is -3.86. The minimum absolute atomic E-state index is 0.237. The Kier molecular flexibility index (Phi) is 5.57. The van der Waals surface area contributed by atoms with Gasteiger partial charge in [-0.25, -0.2) is 4.90 Å². The molecule has 0 aromatic heterocycles. The number of hydrogen-bond acceptors (Lipinski definition) is 4. The van der Waals surface area contributed by atoms with Crippen LogP contribution in [0, 0.1) is 27.7 Å². The first-order valence-electron chi connectivity index (χ1n) is 10.5. The topological polar surface area (TPSA) is 58.6 Å². The van der Waals surface area contributed by atoms with Gasteiger partial charge in [-0.2, -0.15) is 0 Å². The van der Waals surface area contributed by atoms with Crippen LogP contribution in [-0.4, -0.2) is 18.9 Å². The molecule has 162 valence electrons. The van der Waals surface area contributed by atoms with Crippen LogP contribution in [0.5, 0.6) is 5.75 Å². The van der Waals surface area contributed by atoms with E-state index in [9.17, 15) is 9.59 Å². The number of imide groups is 1. The standard InChI is InChI=1S/C27H26N2O3/c1-16-6-10-20(11-7-16)24-25(28-22-14-17(2)8-13-23(22)32-5)27(31)29(26(24)30)21-12-9-18(3)19(4)15-21/h6-15,28H,1-5H3. The SMILES string of the molecule is COc1ccc(C)cc1NC1=C(c2ccc(C)cc2)C(=O)N(c2ccc(C)c(C)c2)C1=O. The third-order valence-electron chi connectivity index (χ3n) is 5.79. The van der Waals surface area contributed by atoms with E-state index in [4.69, 9.17) is 4.74 Å². The van der Waals surface area contributed by atoms with Crippen LogP contribution in [0.1, 0.15) is 27.8 Å².